The molecule has 94 valence electrons. The molecule has 17 heavy (non-hydrogen) atoms. The maximum Gasteiger partial charge on any atom is 0.221 e. The minimum Gasteiger partial charge on any atom is -0.388 e. The number of aliphatic hydroxyl groups is 1. The monoisotopic (exact) mass is 236 g/mol. The lowest BCUT2D eigenvalue weighted by atomic mass is 9.79. The van der Waals surface area contributed by atoms with Crippen LogP contribution in [0.15, 0.2) is 12.3 Å². The summed E-state index contributed by atoms with van der Waals surface area (Å²) in [5, 5.41) is 13.5. The van der Waals surface area contributed by atoms with E-state index in [4.69, 9.17) is 5.73 Å². The summed E-state index contributed by atoms with van der Waals surface area (Å²) in [4.78, 5) is 7.87. The predicted molar refractivity (Wildman–Crippen MR) is 67.5 cm³/mol. The summed E-state index contributed by atoms with van der Waals surface area (Å²) in [7, 11) is 0. The summed E-state index contributed by atoms with van der Waals surface area (Å²) < 4.78 is 0. The van der Waals surface area contributed by atoms with Crippen LogP contribution in [0.3, 0.4) is 0 Å². The van der Waals surface area contributed by atoms with Crippen LogP contribution in [0.1, 0.15) is 32.6 Å². The average Bonchev–Trinajstić information content (AvgIpc) is 2.31. The molecule has 1 heterocycles. The van der Waals surface area contributed by atoms with E-state index in [1.54, 1.807) is 12.3 Å². The zero-order valence-electron chi connectivity index (χ0n) is 10.2. The molecule has 5 heteroatoms. The first kappa shape index (κ1) is 12.1. The number of nitrogens with two attached hydrogens (primary N) is 1. The van der Waals surface area contributed by atoms with Gasteiger partial charge in [0.1, 0.15) is 5.82 Å². The van der Waals surface area contributed by atoms with Crippen molar-refractivity contribution in [1.82, 2.24) is 9.97 Å². The van der Waals surface area contributed by atoms with Crippen molar-refractivity contribution in [2.75, 3.05) is 17.6 Å². The van der Waals surface area contributed by atoms with Gasteiger partial charge in [-0.1, -0.05) is 6.92 Å². The van der Waals surface area contributed by atoms with E-state index >= 15 is 0 Å². The van der Waals surface area contributed by atoms with E-state index in [1.165, 1.54) is 0 Å². The van der Waals surface area contributed by atoms with Crippen molar-refractivity contribution >= 4 is 11.8 Å². The first-order valence-electron chi connectivity index (χ1n) is 6.12. The fourth-order valence-electron chi connectivity index (χ4n) is 2.20. The summed E-state index contributed by atoms with van der Waals surface area (Å²) in [6, 6.07) is 1.76. The third-order valence-electron chi connectivity index (χ3n) is 3.48. The SMILES string of the molecule is CC1CCC(O)(CNc2ccnc(N)n2)CC1. The molecular weight excluding hydrogens is 216 g/mol. The van der Waals surface area contributed by atoms with Crippen LogP contribution in [0.4, 0.5) is 11.8 Å². The summed E-state index contributed by atoms with van der Waals surface area (Å²) in [6.45, 7) is 2.76. The topological polar surface area (TPSA) is 84.1 Å². The van der Waals surface area contributed by atoms with Crippen molar-refractivity contribution in [3.8, 4) is 0 Å². The molecule has 2 rings (SSSR count). The predicted octanol–water partition coefficient (Wildman–Crippen LogP) is 1.41. The van der Waals surface area contributed by atoms with Crippen molar-refractivity contribution < 1.29 is 5.11 Å². The quantitative estimate of drug-likeness (QED) is 0.739. The van der Waals surface area contributed by atoms with Crippen LogP contribution in [0, 0.1) is 5.92 Å². The molecule has 0 spiro atoms. The molecule has 1 aromatic heterocycles. The van der Waals surface area contributed by atoms with Gasteiger partial charge in [0.25, 0.3) is 0 Å². The fourth-order valence-corrected chi connectivity index (χ4v) is 2.20. The Morgan fingerprint density at radius 3 is 2.88 bits per heavy atom. The molecule has 0 amide bonds. The highest BCUT2D eigenvalue weighted by molar-refractivity contribution is 5.37. The van der Waals surface area contributed by atoms with Crippen molar-refractivity contribution in [1.29, 1.82) is 0 Å². The van der Waals surface area contributed by atoms with Gasteiger partial charge in [-0.3, -0.25) is 0 Å². The Morgan fingerprint density at radius 1 is 1.53 bits per heavy atom. The van der Waals surface area contributed by atoms with Crippen LogP contribution < -0.4 is 11.1 Å². The lowest BCUT2D eigenvalue weighted by Crippen LogP contribution is -2.40. The molecule has 1 aliphatic carbocycles. The minimum absolute atomic E-state index is 0.249. The van der Waals surface area contributed by atoms with Gasteiger partial charge >= 0.3 is 0 Å². The maximum atomic E-state index is 10.4. The number of hydrogen-bond donors (Lipinski definition) is 3. The van der Waals surface area contributed by atoms with Gasteiger partial charge in [-0.05, 0) is 37.7 Å². The Morgan fingerprint density at radius 2 is 2.24 bits per heavy atom. The molecule has 0 aliphatic heterocycles. The number of nitrogens with zero attached hydrogens (tertiary/aromatic N) is 2. The number of rotatable bonds is 3. The summed E-state index contributed by atoms with van der Waals surface area (Å²) in [5.41, 5.74) is 4.89. The molecule has 0 bridgehead atoms. The molecule has 4 N–H and O–H groups in total. The van der Waals surface area contributed by atoms with Gasteiger partial charge in [0.2, 0.25) is 5.95 Å². The van der Waals surface area contributed by atoms with E-state index in [2.05, 4.69) is 22.2 Å². The standard InChI is InChI=1S/C12H20N4O/c1-9-2-5-12(17,6-3-9)8-15-10-4-7-14-11(13)16-10/h4,7,9,17H,2-3,5-6,8H2,1H3,(H3,13,14,15,16). The highest BCUT2D eigenvalue weighted by atomic mass is 16.3. The third kappa shape index (κ3) is 3.30. The van der Waals surface area contributed by atoms with Crippen LogP contribution in [0.2, 0.25) is 0 Å². The van der Waals surface area contributed by atoms with E-state index < -0.39 is 5.60 Å². The van der Waals surface area contributed by atoms with Crippen molar-refractivity contribution in [3.05, 3.63) is 12.3 Å². The minimum atomic E-state index is -0.605. The Kier molecular flexibility index (Phi) is 3.47. The second-order valence-corrected chi connectivity index (χ2v) is 5.06. The molecule has 5 nitrogen and oxygen atoms in total. The molecule has 0 saturated heterocycles. The fraction of sp³-hybridized carbons (Fsp3) is 0.667. The highest BCUT2D eigenvalue weighted by Crippen LogP contribution is 2.31. The summed E-state index contributed by atoms with van der Waals surface area (Å²) in [5.74, 6) is 1.65. The lowest BCUT2D eigenvalue weighted by molar-refractivity contribution is 0.00494. The van der Waals surface area contributed by atoms with Gasteiger partial charge in [-0.15, -0.1) is 0 Å². The van der Waals surface area contributed by atoms with E-state index in [0.717, 1.165) is 31.6 Å². The Bertz CT molecular complexity index is 375. The van der Waals surface area contributed by atoms with Gasteiger partial charge < -0.3 is 16.2 Å². The molecule has 1 fully saturated rings. The smallest absolute Gasteiger partial charge is 0.221 e. The number of anilines is 2. The van der Waals surface area contributed by atoms with Gasteiger partial charge in [0.15, 0.2) is 0 Å². The van der Waals surface area contributed by atoms with Crippen molar-refractivity contribution in [2.45, 2.75) is 38.2 Å². The normalized spacial score (nSPS) is 28.9. The Labute approximate surface area is 101 Å². The molecule has 1 saturated carbocycles. The molecule has 1 aromatic rings. The van der Waals surface area contributed by atoms with Crippen LogP contribution in [-0.4, -0.2) is 27.2 Å². The Balaban J connectivity index is 1.89. The molecule has 0 atom stereocenters. The van der Waals surface area contributed by atoms with Gasteiger partial charge in [-0.25, -0.2) is 4.98 Å². The number of nitrogens with one attached hydrogen (secondary N) is 1. The van der Waals surface area contributed by atoms with E-state index in [-0.39, 0.29) is 5.95 Å². The highest BCUT2D eigenvalue weighted by Gasteiger charge is 2.31. The second kappa shape index (κ2) is 4.87. The molecule has 1 aliphatic rings. The number of aromatic nitrogens is 2. The number of nitrogen functional groups attached to an aromatic ring is 1. The van der Waals surface area contributed by atoms with Crippen LogP contribution >= 0.6 is 0 Å². The zero-order chi connectivity index (χ0) is 12.3. The summed E-state index contributed by atoms with van der Waals surface area (Å²) in [6.07, 6.45) is 5.48. The van der Waals surface area contributed by atoms with Crippen molar-refractivity contribution in [2.24, 2.45) is 5.92 Å². The van der Waals surface area contributed by atoms with E-state index in [1.807, 2.05) is 0 Å². The molecule has 0 radical (unpaired) electrons. The van der Waals surface area contributed by atoms with Crippen LogP contribution in [0.25, 0.3) is 0 Å². The van der Waals surface area contributed by atoms with Crippen molar-refractivity contribution in [3.63, 3.8) is 0 Å². The van der Waals surface area contributed by atoms with Gasteiger partial charge in [0.05, 0.1) is 5.60 Å². The van der Waals surface area contributed by atoms with Gasteiger partial charge in [-0.2, -0.15) is 4.98 Å². The first-order chi connectivity index (χ1) is 8.07. The first-order valence-corrected chi connectivity index (χ1v) is 6.12. The second-order valence-electron chi connectivity index (χ2n) is 5.06. The molecular formula is C12H20N4O. The third-order valence-corrected chi connectivity index (χ3v) is 3.48. The van der Waals surface area contributed by atoms with Gasteiger partial charge in [0, 0.05) is 12.7 Å². The zero-order valence-corrected chi connectivity index (χ0v) is 10.2. The Hall–Kier alpha value is -1.36. The van der Waals surface area contributed by atoms with E-state index in [9.17, 15) is 5.11 Å². The summed E-state index contributed by atoms with van der Waals surface area (Å²) >= 11 is 0. The van der Waals surface area contributed by atoms with Crippen LogP contribution in [-0.2, 0) is 0 Å². The molecule has 0 unspecified atom stereocenters. The maximum absolute atomic E-state index is 10.4. The largest absolute Gasteiger partial charge is 0.388 e. The lowest BCUT2D eigenvalue weighted by Gasteiger charge is -2.35. The van der Waals surface area contributed by atoms with E-state index in [0.29, 0.717) is 12.4 Å². The number of hydrogen-bond acceptors (Lipinski definition) is 5. The average molecular weight is 236 g/mol. The molecule has 0 aromatic carbocycles. The van der Waals surface area contributed by atoms with Crippen LogP contribution in [0.5, 0.6) is 0 Å².